The Kier molecular flexibility index (Phi) is 4.52. The van der Waals surface area contributed by atoms with Crippen molar-refractivity contribution in [1.29, 1.82) is 0 Å². The third-order valence-corrected chi connectivity index (χ3v) is 5.44. The molecule has 128 valence electrons. The summed E-state index contributed by atoms with van der Waals surface area (Å²) in [6.07, 6.45) is 10.1. The van der Waals surface area contributed by atoms with Crippen LogP contribution in [-0.4, -0.2) is 51.3 Å². The van der Waals surface area contributed by atoms with Crippen LogP contribution in [0.1, 0.15) is 37.8 Å². The zero-order valence-corrected chi connectivity index (χ0v) is 14.2. The van der Waals surface area contributed by atoms with E-state index in [0.717, 1.165) is 56.9 Å². The minimum Gasteiger partial charge on any atom is -0.340 e. The van der Waals surface area contributed by atoms with Crippen LogP contribution in [0.5, 0.6) is 0 Å². The molecule has 5 heteroatoms. The van der Waals surface area contributed by atoms with E-state index in [0.29, 0.717) is 11.8 Å². The van der Waals surface area contributed by atoms with Gasteiger partial charge in [0, 0.05) is 51.0 Å². The first kappa shape index (κ1) is 15.6. The predicted octanol–water partition coefficient (Wildman–Crippen LogP) is 2.56. The van der Waals surface area contributed by atoms with Crippen molar-refractivity contribution in [2.75, 3.05) is 26.2 Å². The van der Waals surface area contributed by atoms with Crippen LogP contribution in [0.2, 0.25) is 0 Å². The maximum Gasteiger partial charge on any atom is 0.225 e. The van der Waals surface area contributed by atoms with E-state index in [-0.39, 0.29) is 0 Å². The fourth-order valence-electron chi connectivity index (χ4n) is 4.03. The number of carbonyl (C=O) groups excluding carboxylic acids is 1. The lowest BCUT2D eigenvalue weighted by atomic mass is 9.88. The van der Waals surface area contributed by atoms with Gasteiger partial charge in [-0.05, 0) is 25.0 Å². The van der Waals surface area contributed by atoms with Gasteiger partial charge < -0.3 is 9.30 Å². The van der Waals surface area contributed by atoms with E-state index in [1.165, 1.54) is 19.3 Å². The molecule has 2 aliphatic rings. The molecule has 2 aromatic rings. The second-order valence-electron chi connectivity index (χ2n) is 7.13. The molecular formula is C19H26N4O. The largest absolute Gasteiger partial charge is 0.340 e. The highest BCUT2D eigenvalue weighted by Crippen LogP contribution is 2.26. The Labute approximate surface area is 143 Å². The summed E-state index contributed by atoms with van der Waals surface area (Å²) in [5.74, 6) is 0.700. The van der Waals surface area contributed by atoms with Gasteiger partial charge in [-0.3, -0.25) is 9.69 Å². The molecule has 0 N–H and O–H groups in total. The van der Waals surface area contributed by atoms with Crippen molar-refractivity contribution in [2.24, 2.45) is 5.92 Å². The van der Waals surface area contributed by atoms with Gasteiger partial charge in [0.05, 0.1) is 5.69 Å². The number of amides is 1. The Morgan fingerprint density at radius 3 is 2.62 bits per heavy atom. The lowest BCUT2D eigenvalue weighted by Crippen LogP contribution is -2.50. The molecule has 5 nitrogen and oxygen atoms in total. The molecule has 4 rings (SSSR count). The molecule has 3 heterocycles. The molecule has 1 saturated heterocycles. The van der Waals surface area contributed by atoms with E-state index < -0.39 is 0 Å². The maximum absolute atomic E-state index is 12.6. The summed E-state index contributed by atoms with van der Waals surface area (Å²) in [5, 5.41) is 0. The van der Waals surface area contributed by atoms with Crippen molar-refractivity contribution in [1.82, 2.24) is 19.2 Å². The summed E-state index contributed by atoms with van der Waals surface area (Å²) in [4.78, 5) is 21.8. The fraction of sp³-hybridized carbons (Fsp3) is 0.579. The third-order valence-electron chi connectivity index (χ3n) is 5.44. The van der Waals surface area contributed by atoms with Crippen molar-refractivity contribution in [2.45, 2.75) is 38.6 Å². The van der Waals surface area contributed by atoms with Crippen molar-refractivity contribution >= 4 is 11.6 Å². The number of hydrogen-bond acceptors (Lipinski definition) is 3. The quantitative estimate of drug-likeness (QED) is 0.870. The Bertz CT molecular complexity index is 663. The molecule has 2 aromatic heterocycles. The Morgan fingerprint density at radius 2 is 1.88 bits per heavy atom. The van der Waals surface area contributed by atoms with E-state index in [4.69, 9.17) is 0 Å². The number of nitrogens with zero attached hydrogens (tertiary/aromatic N) is 4. The highest BCUT2D eigenvalue weighted by atomic mass is 16.2. The topological polar surface area (TPSA) is 40.9 Å². The molecule has 0 aromatic carbocycles. The van der Waals surface area contributed by atoms with Gasteiger partial charge in [-0.1, -0.05) is 25.3 Å². The van der Waals surface area contributed by atoms with Gasteiger partial charge in [0.2, 0.25) is 5.91 Å². The van der Waals surface area contributed by atoms with Gasteiger partial charge in [-0.25, -0.2) is 4.98 Å². The van der Waals surface area contributed by atoms with Crippen LogP contribution in [0.25, 0.3) is 5.65 Å². The van der Waals surface area contributed by atoms with Crippen LogP contribution in [0, 0.1) is 5.92 Å². The number of carbonyl (C=O) groups is 1. The molecule has 1 aliphatic carbocycles. The van der Waals surface area contributed by atoms with Crippen LogP contribution < -0.4 is 0 Å². The Balaban J connectivity index is 1.31. The molecule has 0 spiro atoms. The first-order valence-corrected chi connectivity index (χ1v) is 9.23. The SMILES string of the molecule is O=C(C1CCCCC1)N1CCN(Cc2cn3ccccc3n2)CC1. The molecule has 24 heavy (non-hydrogen) atoms. The second kappa shape index (κ2) is 6.93. The summed E-state index contributed by atoms with van der Waals surface area (Å²) >= 11 is 0. The van der Waals surface area contributed by atoms with E-state index in [2.05, 4.69) is 25.4 Å². The van der Waals surface area contributed by atoms with Crippen LogP contribution in [0.4, 0.5) is 0 Å². The molecule has 1 aliphatic heterocycles. The molecule has 0 atom stereocenters. The lowest BCUT2D eigenvalue weighted by molar-refractivity contribution is -0.138. The van der Waals surface area contributed by atoms with E-state index in [9.17, 15) is 4.79 Å². The van der Waals surface area contributed by atoms with Crippen molar-refractivity contribution in [3.05, 3.63) is 36.3 Å². The molecule has 2 fully saturated rings. The number of pyridine rings is 1. The third kappa shape index (κ3) is 3.31. The van der Waals surface area contributed by atoms with Gasteiger partial charge in [-0.2, -0.15) is 0 Å². The standard InChI is InChI=1S/C19H26N4O/c24-19(16-6-2-1-3-7-16)22-12-10-21(11-13-22)14-17-15-23-9-5-4-8-18(23)20-17/h4-5,8-9,15-16H,1-3,6-7,10-14H2. The van der Waals surface area contributed by atoms with Gasteiger partial charge in [-0.15, -0.1) is 0 Å². The second-order valence-corrected chi connectivity index (χ2v) is 7.13. The molecule has 0 unspecified atom stereocenters. The number of piperazine rings is 1. The average Bonchev–Trinajstić information content (AvgIpc) is 3.05. The number of aromatic nitrogens is 2. The van der Waals surface area contributed by atoms with Crippen molar-refractivity contribution in [3.63, 3.8) is 0 Å². The van der Waals surface area contributed by atoms with E-state index in [1.54, 1.807) is 0 Å². The van der Waals surface area contributed by atoms with E-state index >= 15 is 0 Å². The smallest absolute Gasteiger partial charge is 0.225 e. The highest BCUT2D eigenvalue weighted by molar-refractivity contribution is 5.79. The number of fused-ring (bicyclic) bond motifs is 1. The molecule has 0 radical (unpaired) electrons. The minimum absolute atomic E-state index is 0.295. The monoisotopic (exact) mass is 326 g/mol. The Morgan fingerprint density at radius 1 is 1.08 bits per heavy atom. The molecule has 1 amide bonds. The van der Waals surface area contributed by atoms with Crippen LogP contribution in [-0.2, 0) is 11.3 Å². The van der Waals surface area contributed by atoms with E-state index in [1.807, 2.05) is 24.4 Å². The predicted molar refractivity (Wildman–Crippen MR) is 93.6 cm³/mol. The summed E-state index contributed by atoms with van der Waals surface area (Å²) in [6.45, 7) is 4.50. The van der Waals surface area contributed by atoms with Crippen molar-refractivity contribution in [3.8, 4) is 0 Å². The fourth-order valence-corrected chi connectivity index (χ4v) is 4.03. The highest BCUT2D eigenvalue weighted by Gasteiger charge is 2.28. The van der Waals surface area contributed by atoms with Gasteiger partial charge in [0.15, 0.2) is 0 Å². The normalized spacial score (nSPS) is 20.6. The van der Waals surface area contributed by atoms with Gasteiger partial charge in [0.25, 0.3) is 0 Å². The minimum atomic E-state index is 0.295. The zero-order valence-electron chi connectivity index (χ0n) is 14.2. The van der Waals surface area contributed by atoms with Crippen molar-refractivity contribution < 1.29 is 4.79 Å². The molecular weight excluding hydrogens is 300 g/mol. The summed E-state index contributed by atoms with van der Waals surface area (Å²) in [7, 11) is 0. The molecule has 1 saturated carbocycles. The van der Waals surface area contributed by atoms with Crippen LogP contribution in [0.3, 0.4) is 0 Å². The molecule has 0 bridgehead atoms. The maximum atomic E-state index is 12.6. The Hall–Kier alpha value is -1.88. The van der Waals surface area contributed by atoms with Gasteiger partial charge >= 0.3 is 0 Å². The average molecular weight is 326 g/mol. The zero-order chi connectivity index (χ0) is 16.4. The number of hydrogen-bond donors (Lipinski definition) is 0. The summed E-state index contributed by atoms with van der Waals surface area (Å²) in [6, 6.07) is 6.07. The van der Waals surface area contributed by atoms with Gasteiger partial charge in [0.1, 0.15) is 5.65 Å². The number of rotatable bonds is 3. The summed E-state index contributed by atoms with van der Waals surface area (Å²) < 4.78 is 2.07. The number of imidazole rings is 1. The first-order chi connectivity index (χ1) is 11.8. The lowest BCUT2D eigenvalue weighted by Gasteiger charge is -2.36. The van der Waals surface area contributed by atoms with Crippen LogP contribution >= 0.6 is 0 Å². The van der Waals surface area contributed by atoms with Crippen LogP contribution in [0.15, 0.2) is 30.6 Å². The summed E-state index contributed by atoms with van der Waals surface area (Å²) in [5.41, 5.74) is 2.10. The first-order valence-electron chi connectivity index (χ1n) is 9.23.